The summed E-state index contributed by atoms with van der Waals surface area (Å²) in [6.07, 6.45) is 1.77. The van der Waals surface area contributed by atoms with Gasteiger partial charge in [-0.15, -0.1) is 0 Å². The Bertz CT molecular complexity index is 46.8. The van der Waals surface area contributed by atoms with Crippen LogP contribution in [0.2, 0.25) is 0 Å². The van der Waals surface area contributed by atoms with Crippen LogP contribution in [-0.4, -0.2) is 11.4 Å². The number of nitrogens with two attached hydrogens (primary N) is 1. The molecule has 3 N–H and O–H groups in total. The molecule has 2 nitrogen and oxygen atoms in total. The molecule has 0 aromatic heterocycles. The average Bonchev–Trinajstić information content (AvgIpc) is 1.38. The van der Waals surface area contributed by atoms with Crippen LogP contribution in [0.3, 0.4) is 0 Å². The van der Waals surface area contributed by atoms with Gasteiger partial charge in [0.1, 0.15) is 0 Å². The van der Waals surface area contributed by atoms with E-state index in [1.165, 1.54) is 11.8 Å². The number of amidine groups is 1. The Labute approximate surface area is 58.4 Å². The van der Waals surface area contributed by atoms with Gasteiger partial charge in [0.15, 0.2) is 5.17 Å². The Kier molecular flexibility index (Phi) is 9.01. The first-order valence-corrected chi connectivity index (χ1v) is 2.38. The van der Waals surface area contributed by atoms with Crippen molar-refractivity contribution < 1.29 is 24.0 Å². The second-order valence-electron chi connectivity index (χ2n) is 0.568. The van der Waals surface area contributed by atoms with Crippen LogP contribution >= 0.6 is 11.8 Å². The fraction of sp³-hybridized carbons (Fsp3) is 0.500. The van der Waals surface area contributed by atoms with Crippen molar-refractivity contribution in [2.75, 3.05) is 6.26 Å². The zero-order valence-electron chi connectivity index (χ0n) is 3.36. The van der Waals surface area contributed by atoms with Gasteiger partial charge in [-0.3, -0.25) is 5.41 Å². The van der Waals surface area contributed by atoms with Crippen molar-refractivity contribution in [1.29, 1.82) is 5.41 Å². The van der Waals surface area contributed by atoms with Gasteiger partial charge >= 0.3 is 0 Å². The minimum Gasteiger partial charge on any atom is -1.00 e. The topological polar surface area (TPSA) is 49.9 Å². The number of nitrogens with one attached hydrogen (secondary N) is 1. The van der Waals surface area contributed by atoms with E-state index in [-0.39, 0.29) is 29.1 Å². The van der Waals surface area contributed by atoms with E-state index in [9.17, 15) is 0 Å². The lowest BCUT2D eigenvalue weighted by Gasteiger charge is -1.78. The molecule has 0 aliphatic heterocycles. The van der Waals surface area contributed by atoms with Crippen LogP contribution in [0.25, 0.3) is 0 Å². The molecule has 0 saturated carbocycles. The fourth-order valence-corrected chi connectivity index (χ4v) is 0. The van der Waals surface area contributed by atoms with E-state index in [0.717, 1.165) is 0 Å². The molecule has 0 fully saturated rings. The number of hydrogen-bond acceptors (Lipinski definition) is 2. The minimum atomic E-state index is 0. The number of thioether (sulfide) groups is 1. The highest BCUT2D eigenvalue weighted by molar-refractivity contribution is 8.13. The highest BCUT2D eigenvalue weighted by Gasteiger charge is 1.71. The molecule has 4 heteroatoms. The van der Waals surface area contributed by atoms with Crippen LogP contribution < -0.4 is 29.7 Å². The van der Waals surface area contributed by atoms with Gasteiger partial charge in [-0.2, -0.15) is 0 Å². The smallest absolute Gasteiger partial charge is 0.150 e. The predicted octanol–water partition coefficient (Wildman–Crippen LogP) is -2.75. The van der Waals surface area contributed by atoms with Gasteiger partial charge in [-0.1, -0.05) is 11.8 Å². The van der Waals surface area contributed by atoms with E-state index < -0.39 is 0 Å². The number of rotatable bonds is 0. The number of hydrogen-bond donors (Lipinski definition) is 2. The lowest BCUT2D eigenvalue weighted by atomic mass is 11.4. The summed E-state index contributed by atoms with van der Waals surface area (Å²) in [6.45, 7) is 0. The van der Waals surface area contributed by atoms with E-state index in [4.69, 9.17) is 11.1 Å². The molecule has 0 saturated heterocycles. The molecule has 0 radical (unpaired) electrons. The molecule has 0 unspecified atom stereocenters. The molecule has 0 amide bonds. The van der Waals surface area contributed by atoms with Gasteiger partial charge in [0, 0.05) is 0 Å². The Hall–Kier alpha value is 0.550. The van der Waals surface area contributed by atoms with E-state index in [0.29, 0.717) is 0 Å². The Morgan fingerprint density at radius 1 is 1.83 bits per heavy atom. The predicted molar refractivity (Wildman–Crippen MR) is 25.4 cm³/mol. The van der Waals surface area contributed by atoms with Crippen molar-refractivity contribution in [3.8, 4) is 0 Å². The van der Waals surface area contributed by atoms with Crippen LogP contribution in [-0.2, 0) is 0 Å². The van der Waals surface area contributed by atoms with Crippen LogP contribution in [0.15, 0.2) is 0 Å². The summed E-state index contributed by atoms with van der Waals surface area (Å²) in [6, 6.07) is 0. The maximum absolute atomic E-state index is 6.48. The van der Waals surface area contributed by atoms with Gasteiger partial charge in [-0.25, -0.2) is 0 Å². The van der Waals surface area contributed by atoms with Crippen molar-refractivity contribution in [3.05, 3.63) is 0 Å². The fourth-order valence-electron chi connectivity index (χ4n) is 0. The minimum absolute atomic E-state index is 0. The van der Waals surface area contributed by atoms with Crippen LogP contribution in [0.1, 0.15) is 0 Å². The summed E-state index contributed by atoms with van der Waals surface area (Å²) >= 11 is 1.24. The first-order valence-electron chi connectivity index (χ1n) is 1.15. The molecule has 0 aromatic carbocycles. The Morgan fingerprint density at radius 3 is 2.00 bits per heavy atom. The van der Waals surface area contributed by atoms with E-state index >= 15 is 0 Å². The quantitative estimate of drug-likeness (QED) is 0.262. The summed E-state index contributed by atoms with van der Waals surface area (Å²) in [5.74, 6) is 0. The van der Waals surface area contributed by atoms with Crippen LogP contribution in [0.5, 0.6) is 0 Å². The largest absolute Gasteiger partial charge is 1.00 e. The Balaban J connectivity index is 0. The maximum atomic E-state index is 6.48. The summed E-state index contributed by atoms with van der Waals surface area (Å²) < 4.78 is 0. The highest BCUT2D eigenvalue weighted by atomic mass is 127. The second kappa shape index (κ2) is 5.55. The summed E-state index contributed by atoms with van der Waals surface area (Å²) in [4.78, 5) is 0. The summed E-state index contributed by atoms with van der Waals surface area (Å²) in [5, 5.41) is 6.66. The van der Waals surface area contributed by atoms with E-state index in [2.05, 4.69) is 0 Å². The number of halogens is 1. The van der Waals surface area contributed by atoms with Crippen LogP contribution in [0.4, 0.5) is 0 Å². The van der Waals surface area contributed by atoms with Crippen molar-refractivity contribution in [2.24, 2.45) is 5.73 Å². The lowest BCUT2D eigenvalue weighted by molar-refractivity contribution is -0.00000143. The third kappa shape index (κ3) is 8.82. The molecule has 0 aliphatic rings. The molecule has 0 atom stereocenters. The summed E-state index contributed by atoms with van der Waals surface area (Å²) in [5.41, 5.74) is 4.84. The molecule has 6 heavy (non-hydrogen) atoms. The van der Waals surface area contributed by atoms with Gasteiger partial charge in [0.25, 0.3) is 0 Å². The van der Waals surface area contributed by atoms with Gasteiger partial charge in [0.2, 0.25) is 0 Å². The third-order valence-electron chi connectivity index (χ3n) is 0.220. The zero-order valence-corrected chi connectivity index (χ0v) is 6.34. The molecular weight excluding hydrogens is 211 g/mol. The normalized spacial score (nSPS) is 6.17. The van der Waals surface area contributed by atoms with Gasteiger partial charge in [-0.05, 0) is 6.26 Å². The first kappa shape index (κ1) is 9.75. The molecule has 0 rings (SSSR count). The highest BCUT2D eigenvalue weighted by Crippen LogP contribution is 1.83. The molecule has 0 bridgehead atoms. The van der Waals surface area contributed by atoms with Crippen LogP contribution in [0, 0.1) is 5.41 Å². The van der Waals surface area contributed by atoms with Crippen molar-refractivity contribution in [2.45, 2.75) is 0 Å². The zero-order chi connectivity index (χ0) is 4.28. The maximum Gasteiger partial charge on any atom is 0.150 e. The Morgan fingerprint density at radius 2 is 2.00 bits per heavy atom. The van der Waals surface area contributed by atoms with Crippen molar-refractivity contribution >= 4 is 16.9 Å². The first-order chi connectivity index (χ1) is 2.27. The van der Waals surface area contributed by atoms with E-state index in [1.807, 2.05) is 0 Å². The molecule has 0 heterocycles. The third-order valence-corrected chi connectivity index (χ3v) is 0.660. The van der Waals surface area contributed by atoms with Gasteiger partial charge < -0.3 is 29.7 Å². The standard InChI is InChI=1S/C2H6N2S.HI/c1-5-2(3)4;/h1H3,(H3,3,4);1H/p-1. The summed E-state index contributed by atoms with van der Waals surface area (Å²) in [7, 11) is 0. The van der Waals surface area contributed by atoms with E-state index in [1.54, 1.807) is 6.26 Å². The van der Waals surface area contributed by atoms with Crippen molar-refractivity contribution in [3.63, 3.8) is 0 Å². The monoisotopic (exact) mass is 217 g/mol. The molecular formula is C2H6IN2S-. The SMILES string of the molecule is CSC(=N)N.[I-]. The lowest BCUT2D eigenvalue weighted by Crippen LogP contribution is -3.00. The molecule has 38 valence electrons. The molecule has 0 aliphatic carbocycles. The van der Waals surface area contributed by atoms with Crippen molar-refractivity contribution in [1.82, 2.24) is 0 Å². The second-order valence-corrected chi connectivity index (χ2v) is 1.42. The average molecular weight is 217 g/mol. The van der Waals surface area contributed by atoms with Gasteiger partial charge in [0.05, 0.1) is 0 Å². The molecule has 0 spiro atoms. The molecule has 0 aromatic rings.